The second kappa shape index (κ2) is 8.98. The molecule has 3 N–H and O–H groups in total. The zero-order valence-electron chi connectivity index (χ0n) is 16.1. The van der Waals surface area contributed by atoms with Gasteiger partial charge in [0.05, 0.1) is 29.8 Å². The molecule has 0 aliphatic carbocycles. The molecule has 0 radical (unpaired) electrons. The van der Waals surface area contributed by atoms with Crippen molar-refractivity contribution in [1.82, 2.24) is 10.3 Å². The number of hydrogen-bond donors (Lipinski definition) is 2. The third-order valence-electron chi connectivity index (χ3n) is 4.25. The van der Waals surface area contributed by atoms with Crippen LogP contribution < -0.4 is 20.5 Å². The molecule has 0 spiro atoms. The molecule has 4 rings (SSSR count). The van der Waals surface area contributed by atoms with Gasteiger partial charge in [-0.25, -0.2) is 4.98 Å². The number of methoxy groups -OCH3 is 1. The van der Waals surface area contributed by atoms with Gasteiger partial charge in [0, 0.05) is 11.1 Å². The highest BCUT2D eigenvalue weighted by atomic mass is 32.1. The number of benzene rings is 2. The lowest BCUT2D eigenvalue weighted by Gasteiger charge is -2.12. The molecule has 0 atom stereocenters. The number of nitrogens with one attached hydrogen (secondary N) is 1. The third-order valence-corrected chi connectivity index (χ3v) is 6.18. The van der Waals surface area contributed by atoms with Crippen molar-refractivity contribution in [3.63, 3.8) is 0 Å². The van der Waals surface area contributed by atoms with Gasteiger partial charge in [0.2, 0.25) is 0 Å². The summed E-state index contributed by atoms with van der Waals surface area (Å²) in [7, 11) is 1.60. The van der Waals surface area contributed by atoms with Crippen LogP contribution in [0.1, 0.15) is 16.1 Å². The summed E-state index contributed by atoms with van der Waals surface area (Å²) in [6.07, 6.45) is 0. The van der Waals surface area contributed by atoms with Gasteiger partial charge in [-0.3, -0.25) is 4.79 Å². The predicted octanol–water partition coefficient (Wildman–Crippen LogP) is 5.18. The zero-order chi connectivity index (χ0) is 20.9. The maximum Gasteiger partial charge on any atom is 0.255 e. The molecule has 1 amide bonds. The summed E-state index contributed by atoms with van der Waals surface area (Å²) in [5.74, 6) is 1.46. The molecule has 0 aliphatic heterocycles. The summed E-state index contributed by atoms with van der Waals surface area (Å²) in [6.45, 7) is 0.317. The van der Waals surface area contributed by atoms with Gasteiger partial charge in [0.15, 0.2) is 0 Å². The van der Waals surface area contributed by atoms with E-state index < -0.39 is 0 Å². The fourth-order valence-electron chi connectivity index (χ4n) is 2.75. The highest BCUT2D eigenvalue weighted by molar-refractivity contribution is 7.20. The van der Waals surface area contributed by atoms with Gasteiger partial charge in [-0.2, -0.15) is 0 Å². The standard InChI is InChI=1S/C22H19N3O3S2/c1-27-16-5-7-17(8-6-16)28-19-9-4-14(23)11-18(19)21(26)24-12-15-13-30-22(25-15)20-3-2-10-29-20/h2-11,13H,12,23H2,1H3,(H,24,26). The molecular formula is C22H19N3O3S2. The first kappa shape index (κ1) is 19.9. The van der Waals surface area contributed by atoms with Crippen LogP contribution >= 0.6 is 22.7 Å². The summed E-state index contributed by atoms with van der Waals surface area (Å²) in [5, 5.41) is 7.81. The van der Waals surface area contributed by atoms with Gasteiger partial charge in [0.25, 0.3) is 5.91 Å². The van der Waals surface area contributed by atoms with Crippen LogP contribution in [0.25, 0.3) is 9.88 Å². The maximum atomic E-state index is 12.8. The van der Waals surface area contributed by atoms with Gasteiger partial charge in [0.1, 0.15) is 22.3 Å². The van der Waals surface area contributed by atoms with Crippen molar-refractivity contribution in [1.29, 1.82) is 0 Å². The minimum atomic E-state index is -0.281. The number of amides is 1. The van der Waals surface area contributed by atoms with Crippen molar-refractivity contribution in [3.05, 3.63) is 76.6 Å². The largest absolute Gasteiger partial charge is 0.497 e. The SMILES string of the molecule is COc1ccc(Oc2ccc(N)cc2C(=O)NCc2csc(-c3cccs3)n2)cc1. The lowest BCUT2D eigenvalue weighted by atomic mass is 10.1. The van der Waals surface area contributed by atoms with Crippen LogP contribution in [0.15, 0.2) is 65.4 Å². The molecule has 4 aromatic rings. The van der Waals surface area contributed by atoms with Crippen molar-refractivity contribution in [2.45, 2.75) is 6.54 Å². The number of carbonyl (C=O) groups excluding carboxylic acids is 1. The molecule has 2 aromatic carbocycles. The van der Waals surface area contributed by atoms with E-state index in [0.717, 1.165) is 21.3 Å². The van der Waals surface area contributed by atoms with Crippen LogP contribution in [0.4, 0.5) is 5.69 Å². The van der Waals surface area contributed by atoms with Crippen LogP contribution in [-0.2, 0) is 6.54 Å². The number of carbonyl (C=O) groups is 1. The van der Waals surface area contributed by atoms with E-state index in [2.05, 4.69) is 10.3 Å². The highest BCUT2D eigenvalue weighted by Gasteiger charge is 2.15. The lowest BCUT2D eigenvalue weighted by molar-refractivity contribution is 0.0948. The molecule has 8 heteroatoms. The number of hydrogen-bond acceptors (Lipinski definition) is 7. The van der Waals surface area contributed by atoms with Gasteiger partial charge < -0.3 is 20.5 Å². The van der Waals surface area contributed by atoms with Crippen molar-refractivity contribution >= 4 is 34.3 Å². The lowest BCUT2D eigenvalue weighted by Crippen LogP contribution is -2.23. The molecule has 0 saturated heterocycles. The fraction of sp³-hybridized carbons (Fsp3) is 0.0909. The first-order valence-electron chi connectivity index (χ1n) is 9.10. The summed E-state index contributed by atoms with van der Waals surface area (Å²) in [5.41, 5.74) is 7.55. The average molecular weight is 438 g/mol. The van der Waals surface area contributed by atoms with E-state index in [1.165, 1.54) is 0 Å². The van der Waals surface area contributed by atoms with E-state index in [4.69, 9.17) is 15.2 Å². The smallest absolute Gasteiger partial charge is 0.255 e. The van der Waals surface area contributed by atoms with Gasteiger partial charge in [-0.1, -0.05) is 6.07 Å². The minimum absolute atomic E-state index is 0.281. The Balaban J connectivity index is 1.47. The maximum absolute atomic E-state index is 12.8. The number of nitrogens with zero attached hydrogens (tertiary/aromatic N) is 1. The second-order valence-electron chi connectivity index (χ2n) is 6.34. The van der Waals surface area contributed by atoms with Gasteiger partial charge in [-0.05, 0) is 53.9 Å². The van der Waals surface area contributed by atoms with E-state index in [9.17, 15) is 4.79 Å². The van der Waals surface area contributed by atoms with E-state index >= 15 is 0 Å². The van der Waals surface area contributed by atoms with Crippen LogP contribution in [0.2, 0.25) is 0 Å². The zero-order valence-corrected chi connectivity index (χ0v) is 17.8. The third kappa shape index (κ3) is 4.61. The fourth-order valence-corrected chi connectivity index (χ4v) is 4.39. The molecule has 2 heterocycles. The molecule has 2 aromatic heterocycles. The van der Waals surface area contributed by atoms with Gasteiger partial charge >= 0.3 is 0 Å². The number of aromatic nitrogens is 1. The Hall–Kier alpha value is -3.36. The van der Waals surface area contributed by atoms with Crippen LogP contribution in [0, 0.1) is 0 Å². The normalized spacial score (nSPS) is 10.6. The molecule has 0 bridgehead atoms. The summed E-state index contributed by atoms with van der Waals surface area (Å²) < 4.78 is 11.1. The summed E-state index contributed by atoms with van der Waals surface area (Å²) in [6, 6.07) is 16.1. The number of anilines is 1. The first-order chi connectivity index (χ1) is 14.6. The molecule has 6 nitrogen and oxygen atoms in total. The minimum Gasteiger partial charge on any atom is -0.497 e. The summed E-state index contributed by atoms with van der Waals surface area (Å²) >= 11 is 3.20. The first-order valence-corrected chi connectivity index (χ1v) is 10.9. The second-order valence-corrected chi connectivity index (χ2v) is 8.14. The Kier molecular flexibility index (Phi) is 5.97. The Bertz CT molecular complexity index is 1140. The van der Waals surface area contributed by atoms with Crippen molar-refractivity contribution in [2.24, 2.45) is 0 Å². The highest BCUT2D eigenvalue weighted by Crippen LogP contribution is 2.29. The number of thiophene rings is 1. The molecule has 0 fully saturated rings. The number of rotatable bonds is 7. The topological polar surface area (TPSA) is 86.5 Å². The van der Waals surface area contributed by atoms with Gasteiger partial charge in [-0.15, -0.1) is 22.7 Å². The number of thiazole rings is 1. The molecule has 152 valence electrons. The van der Waals surface area contributed by atoms with Crippen molar-refractivity contribution in [2.75, 3.05) is 12.8 Å². The molecule has 0 aliphatic rings. The monoisotopic (exact) mass is 437 g/mol. The Morgan fingerprint density at radius 2 is 1.90 bits per heavy atom. The van der Waals surface area contributed by atoms with Crippen LogP contribution in [-0.4, -0.2) is 18.0 Å². The van der Waals surface area contributed by atoms with E-state index in [-0.39, 0.29) is 5.91 Å². The Labute approximate surface area is 181 Å². The van der Waals surface area contributed by atoms with Crippen LogP contribution in [0.3, 0.4) is 0 Å². The van der Waals surface area contributed by atoms with Crippen LogP contribution in [0.5, 0.6) is 17.2 Å². The molecular weight excluding hydrogens is 418 g/mol. The number of nitrogen functional groups attached to an aromatic ring is 1. The Morgan fingerprint density at radius 1 is 1.10 bits per heavy atom. The summed E-state index contributed by atoms with van der Waals surface area (Å²) in [4.78, 5) is 18.5. The average Bonchev–Trinajstić information content (AvgIpc) is 3.46. The predicted molar refractivity (Wildman–Crippen MR) is 121 cm³/mol. The molecule has 0 unspecified atom stereocenters. The quantitative estimate of drug-likeness (QED) is 0.389. The van der Waals surface area contributed by atoms with Crippen molar-refractivity contribution in [3.8, 4) is 27.1 Å². The van der Waals surface area contributed by atoms with Crippen molar-refractivity contribution < 1.29 is 14.3 Å². The number of nitrogens with two attached hydrogens (primary N) is 1. The number of ether oxygens (including phenoxy) is 2. The Morgan fingerprint density at radius 3 is 2.63 bits per heavy atom. The molecule has 30 heavy (non-hydrogen) atoms. The van der Waals surface area contributed by atoms with E-state index in [0.29, 0.717) is 29.3 Å². The van der Waals surface area contributed by atoms with E-state index in [1.807, 2.05) is 22.9 Å². The van der Waals surface area contributed by atoms with E-state index in [1.54, 1.807) is 72.2 Å². The molecule has 0 saturated carbocycles.